The standard InChI is InChI=1S/C11H14N2O4S/c14-10-5-1-4-9(13-10)11(15)12-8-3-2-6-18(16,17)7-8/h1,4-5,8H,2-3,6-7H2,(H,12,15)(H,13,14). The van der Waals surface area contributed by atoms with Gasteiger partial charge < -0.3 is 10.3 Å². The summed E-state index contributed by atoms with van der Waals surface area (Å²) >= 11 is 0. The number of nitrogens with one attached hydrogen (secondary N) is 2. The van der Waals surface area contributed by atoms with Crippen molar-refractivity contribution in [3.05, 3.63) is 34.2 Å². The second-order valence-electron chi connectivity index (χ2n) is 4.36. The minimum atomic E-state index is -3.05. The van der Waals surface area contributed by atoms with Gasteiger partial charge in [0.15, 0.2) is 9.84 Å². The van der Waals surface area contributed by atoms with Crippen LogP contribution in [0.1, 0.15) is 23.3 Å². The number of aromatic nitrogens is 1. The summed E-state index contributed by atoms with van der Waals surface area (Å²) in [5.74, 6) is -0.299. The van der Waals surface area contributed by atoms with E-state index in [1.807, 2.05) is 0 Å². The van der Waals surface area contributed by atoms with Crippen LogP contribution in [0.15, 0.2) is 23.0 Å². The van der Waals surface area contributed by atoms with Gasteiger partial charge in [-0.1, -0.05) is 6.07 Å². The Morgan fingerprint density at radius 1 is 1.39 bits per heavy atom. The van der Waals surface area contributed by atoms with Gasteiger partial charge in [-0.05, 0) is 18.9 Å². The summed E-state index contributed by atoms with van der Waals surface area (Å²) in [5, 5.41) is 2.63. The lowest BCUT2D eigenvalue weighted by atomic mass is 10.2. The molecule has 1 amide bonds. The third-order valence-electron chi connectivity index (χ3n) is 2.81. The van der Waals surface area contributed by atoms with E-state index >= 15 is 0 Å². The molecule has 1 fully saturated rings. The molecule has 1 saturated heterocycles. The van der Waals surface area contributed by atoms with Crippen molar-refractivity contribution in [1.82, 2.24) is 10.3 Å². The van der Waals surface area contributed by atoms with Gasteiger partial charge in [0.25, 0.3) is 5.91 Å². The van der Waals surface area contributed by atoms with E-state index in [1.54, 1.807) is 0 Å². The van der Waals surface area contributed by atoms with E-state index in [-0.39, 0.29) is 28.8 Å². The van der Waals surface area contributed by atoms with Crippen molar-refractivity contribution in [3.63, 3.8) is 0 Å². The van der Waals surface area contributed by atoms with E-state index in [2.05, 4.69) is 10.3 Å². The molecule has 0 aliphatic carbocycles. The number of carbonyl (C=O) groups is 1. The molecule has 1 atom stereocenters. The van der Waals surface area contributed by atoms with Crippen molar-refractivity contribution in [2.75, 3.05) is 11.5 Å². The Morgan fingerprint density at radius 3 is 2.83 bits per heavy atom. The van der Waals surface area contributed by atoms with E-state index in [9.17, 15) is 18.0 Å². The first kappa shape index (κ1) is 12.8. The lowest BCUT2D eigenvalue weighted by Gasteiger charge is -2.22. The Labute approximate surface area is 104 Å². The zero-order chi connectivity index (χ0) is 13.2. The summed E-state index contributed by atoms with van der Waals surface area (Å²) < 4.78 is 22.8. The van der Waals surface area contributed by atoms with Gasteiger partial charge >= 0.3 is 0 Å². The number of sulfone groups is 1. The predicted octanol–water partition coefficient (Wildman–Crippen LogP) is -0.318. The van der Waals surface area contributed by atoms with Crippen LogP contribution in [0.5, 0.6) is 0 Å². The molecule has 0 aromatic carbocycles. The normalized spacial score (nSPS) is 22.3. The van der Waals surface area contributed by atoms with Crippen LogP contribution in [-0.4, -0.2) is 36.9 Å². The van der Waals surface area contributed by atoms with Crippen molar-refractivity contribution in [1.29, 1.82) is 0 Å². The van der Waals surface area contributed by atoms with Gasteiger partial charge in [0.05, 0.1) is 11.5 Å². The highest BCUT2D eigenvalue weighted by Gasteiger charge is 2.26. The second kappa shape index (κ2) is 4.93. The predicted molar refractivity (Wildman–Crippen MR) is 66.2 cm³/mol. The van der Waals surface area contributed by atoms with E-state index in [0.717, 1.165) is 0 Å². The first-order valence-electron chi connectivity index (χ1n) is 5.67. The molecule has 7 heteroatoms. The smallest absolute Gasteiger partial charge is 0.268 e. The fourth-order valence-electron chi connectivity index (χ4n) is 1.98. The Hall–Kier alpha value is -1.63. The number of hydrogen-bond donors (Lipinski definition) is 2. The van der Waals surface area contributed by atoms with Crippen LogP contribution in [0.25, 0.3) is 0 Å². The zero-order valence-electron chi connectivity index (χ0n) is 9.68. The van der Waals surface area contributed by atoms with Crippen LogP contribution < -0.4 is 10.9 Å². The molecule has 2 N–H and O–H groups in total. The number of carbonyl (C=O) groups excluding carboxylic acids is 1. The van der Waals surface area contributed by atoms with Gasteiger partial charge in [-0.15, -0.1) is 0 Å². The van der Waals surface area contributed by atoms with Crippen LogP contribution in [0.3, 0.4) is 0 Å². The molecule has 2 rings (SSSR count). The molecule has 18 heavy (non-hydrogen) atoms. The fraction of sp³-hybridized carbons (Fsp3) is 0.455. The van der Waals surface area contributed by atoms with Crippen LogP contribution in [-0.2, 0) is 9.84 Å². The first-order chi connectivity index (χ1) is 8.46. The van der Waals surface area contributed by atoms with E-state index in [0.29, 0.717) is 12.8 Å². The lowest BCUT2D eigenvalue weighted by molar-refractivity contribution is 0.0933. The maximum Gasteiger partial charge on any atom is 0.268 e. The molecule has 98 valence electrons. The topological polar surface area (TPSA) is 96.1 Å². The Morgan fingerprint density at radius 2 is 2.17 bits per heavy atom. The van der Waals surface area contributed by atoms with E-state index in [1.165, 1.54) is 18.2 Å². The molecule has 0 radical (unpaired) electrons. The second-order valence-corrected chi connectivity index (χ2v) is 6.58. The molecule has 1 aliphatic heterocycles. The third kappa shape index (κ3) is 3.19. The van der Waals surface area contributed by atoms with Crippen molar-refractivity contribution in [3.8, 4) is 0 Å². The molecule has 1 aromatic rings. The molecule has 0 spiro atoms. The molecule has 1 aliphatic rings. The van der Waals surface area contributed by atoms with Crippen LogP contribution in [0, 0.1) is 0 Å². The largest absolute Gasteiger partial charge is 0.347 e. The number of rotatable bonds is 2. The van der Waals surface area contributed by atoms with Crippen molar-refractivity contribution < 1.29 is 13.2 Å². The number of hydrogen-bond acceptors (Lipinski definition) is 4. The molecular formula is C11H14N2O4S. The quantitative estimate of drug-likeness (QED) is 0.770. The summed E-state index contributed by atoms with van der Waals surface area (Å²) in [5.41, 5.74) is -0.218. The number of aromatic amines is 1. The minimum Gasteiger partial charge on any atom is -0.347 e. The average molecular weight is 270 g/mol. The summed E-state index contributed by atoms with van der Waals surface area (Å²) in [6.07, 6.45) is 1.20. The number of amides is 1. The monoisotopic (exact) mass is 270 g/mol. The van der Waals surface area contributed by atoms with Crippen molar-refractivity contribution in [2.24, 2.45) is 0 Å². The third-order valence-corrected chi connectivity index (χ3v) is 4.63. The Balaban J connectivity index is 2.06. The highest BCUT2D eigenvalue weighted by atomic mass is 32.2. The SMILES string of the molecule is O=C(NC1CCCS(=O)(=O)C1)c1cccc(=O)[nH]1. The number of H-pyrrole nitrogens is 1. The number of pyridine rings is 1. The Bertz CT molecular complexity index is 605. The van der Waals surface area contributed by atoms with Gasteiger partial charge in [0.1, 0.15) is 5.69 Å². The highest BCUT2D eigenvalue weighted by molar-refractivity contribution is 7.91. The first-order valence-corrected chi connectivity index (χ1v) is 7.49. The van der Waals surface area contributed by atoms with Gasteiger partial charge in [-0.3, -0.25) is 9.59 Å². The van der Waals surface area contributed by atoms with Gasteiger partial charge in [0.2, 0.25) is 5.56 Å². The van der Waals surface area contributed by atoms with Crippen molar-refractivity contribution >= 4 is 15.7 Å². The van der Waals surface area contributed by atoms with Gasteiger partial charge in [-0.25, -0.2) is 8.42 Å². The van der Waals surface area contributed by atoms with Gasteiger partial charge in [0, 0.05) is 12.1 Å². The summed E-state index contributed by atoms with van der Waals surface area (Å²) in [4.78, 5) is 25.3. The van der Waals surface area contributed by atoms with Gasteiger partial charge in [-0.2, -0.15) is 0 Å². The van der Waals surface area contributed by atoms with Crippen molar-refractivity contribution in [2.45, 2.75) is 18.9 Å². The maximum absolute atomic E-state index is 11.8. The highest BCUT2D eigenvalue weighted by Crippen LogP contribution is 2.12. The molecular weight excluding hydrogens is 256 g/mol. The van der Waals surface area contributed by atoms with Crippen LogP contribution >= 0.6 is 0 Å². The molecule has 1 aromatic heterocycles. The summed E-state index contributed by atoms with van der Waals surface area (Å²) in [7, 11) is -3.05. The molecule has 0 bridgehead atoms. The Kier molecular flexibility index (Phi) is 3.51. The average Bonchev–Trinajstić information content (AvgIpc) is 2.27. The van der Waals surface area contributed by atoms with Crippen LogP contribution in [0.4, 0.5) is 0 Å². The summed E-state index contributed by atoms with van der Waals surface area (Å²) in [6.45, 7) is 0. The minimum absolute atomic E-state index is 0.0319. The molecule has 2 heterocycles. The molecule has 0 saturated carbocycles. The molecule has 1 unspecified atom stereocenters. The fourth-order valence-corrected chi connectivity index (χ4v) is 3.62. The summed E-state index contributed by atoms with van der Waals surface area (Å²) in [6, 6.07) is 3.89. The lowest BCUT2D eigenvalue weighted by Crippen LogP contribution is -2.43. The molecule has 6 nitrogen and oxygen atoms in total. The van der Waals surface area contributed by atoms with E-state index < -0.39 is 15.7 Å². The maximum atomic E-state index is 11.8. The van der Waals surface area contributed by atoms with Crippen LogP contribution in [0.2, 0.25) is 0 Å². The zero-order valence-corrected chi connectivity index (χ0v) is 10.5. The van der Waals surface area contributed by atoms with E-state index in [4.69, 9.17) is 0 Å².